The van der Waals surface area contributed by atoms with Crippen LogP contribution >= 0.6 is 0 Å². The van der Waals surface area contributed by atoms with Crippen LogP contribution in [-0.4, -0.2) is 22.2 Å². The quantitative estimate of drug-likeness (QED) is 0.789. The van der Waals surface area contributed by atoms with E-state index in [1.54, 1.807) is 13.0 Å². The summed E-state index contributed by atoms with van der Waals surface area (Å²) >= 11 is 0. The maximum absolute atomic E-state index is 12.2. The SMILES string of the molecule is Cc1c(C(=O)O)ccc([C]23[CH]4[CH]5[CH]6[CH]2[Fe]56432789[CH]3[CH]2[CH]7[CH]8[CH]39)c1C(=O)O. The predicted octanol–water partition coefficient (Wildman–Crippen LogP) is 4.19. The number of hydrogen-bond donors (Lipinski definition) is 2. The van der Waals surface area contributed by atoms with Crippen molar-refractivity contribution in [2.24, 2.45) is 0 Å². The Morgan fingerprint density at radius 2 is 1.46 bits per heavy atom. The zero-order valence-corrected chi connectivity index (χ0v) is 14.0. The third kappa shape index (κ3) is 0.136. The molecule has 10 aliphatic rings. The molecular formula is C19H16FeO4. The maximum atomic E-state index is 12.2. The van der Waals surface area contributed by atoms with Gasteiger partial charge in [0.25, 0.3) is 0 Å². The van der Waals surface area contributed by atoms with Gasteiger partial charge in [0.1, 0.15) is 0 Å². The molecule has 4 unspecified atom stereocenters. The van der Waals surface area contributed by atoms with E-state index < -0.39 is 18.4 Å². The molecule has 24 heavy (non-hydrogen) atoms. The van der Waals surface area contributed by atoms with Gasteiger partial charge < -0.3 is 0 Å². The summed E-state index contributed by atoms with van der Waals surface area (Å²) in [5, 5.41) is 19.4. The van der Waals surface area contributed by atoms with Crippen LogP contribution in [-0.2, 0) is 10.8 Å². The number of carboxylic acids is 2. The molecule has 2 N–H and O–H groups in total. The number of carbonyl (C=O) groups is 2. The van der Waals surface area contributed by atoms with Crippen LogP contribution in [0.4, 0.5) is 0 Å². The summed E-state index contributed by atoms with van der Waals surface area (Å²) in [4.78, 5) is 33.6. The van der Waals surface area contributed by atoms with Crippen molar-refractivity contribution in [2.45, 2.75) is 54.6 Å². The first-order valence-electron chi connectivity index (χ1n) is 9.02. The number of hydrogen-bond acceptors (Lipinski definition) is 2. The van der Waals surface area contributed by atoms with Crippen LogP contribution in [0, 0.1) is 6.92 Å². The minimum atomic E-state index is -3.43. The standard InChI is InChI=1S/C14H11O4.C5H5.Fe/c1-8-10(13(15)16)6-7-11(12(8)14(17)18)9-4-2-3-5-9;1-2-4-5-3-1;/h2-7H,1H3,(H,15,16)(H,17,18);1-5H;. The van der Waals surface area contributed by atoms with Gasteiger partial charge in [0.15, 0.2) is 0 Å². The minimum absolute atomic E-state index is 0.169. The van der Waals surface area contributed by atoms with E-state index in [9.17, 15) is 19.8 Å². The molecule has 0 bridgehead atoms. The average molecular weight is 364 g/mol. The van der Waals surface area contributed by atoms with E-state index in [1.165, 1.54) is 0 Å². The predicted molar refractivity (Wildman–Crippen MR) is 80.5 cm³/mol. The van der Waals surface area contributed by atoms with Crippen molar-refractivity contribution in [2.75, 3.05) is 0 Å². The number of rotatable bonds is 3. The van der Waals surface area contributed by atoms with Crippen molar-refractivity contribution >= 4 is 11.9 Å². The van der Waals surface area contributed by atoms with Gasteiger partial charge in [-0.2, -0.15) is 0 Å². The van der Waals surface area contributed by atoms with Gasteiger partial charge >= 0.3 is 127 Å². The Hall–Kier alpha value is -1.32. The Labute approximate surface area is 127 Å². The van der Waals surface area contributed by atoms with Crippen LogP contribution < -0.4 is 0 Å². The second-order valence-corrected chi connectivity index (χ2v) is 36.0. The fourth-order valence-electron chi connectivity index (χ4n) is 18.5. The van der Waals surface area contributed by atoms with Gasteiger partial charge in [0.05, 0.1) is 0 Å². The monoisotopic (exact) mass is 364 g/mol. The Morgan fingerprint density at radius 1 is 0.917 bits per heavy atom. The summed E-state index contributed by atoms with van der Waals surface area (Å²) in [6.45, 7) is -1.73. The van der Waals surface area contributed by atoms with Gasteiger partial charge in [0, 0.05) is 0 Å². The summed E-state index contributed by atoms with van der Waals surface area (Å²) in [6.07, 6.45) is 0. The summed E-state index contributed by atoms with van der Waals surface area (Å²) in [5.41, 5.74) is 2.17. The molecule has 0 radical (unpaired) electrons. The summed E-state index contributed by atoms with van der Waals surface area (Å²) in [6, 6.07) is 3.67. The summed E-state index contributed by atoms with van der Waals surface area (Å²) < 4.78 is 0.356. The molecule has 11 rings (SSSR count). The van der Waals surface area contributed by atoms with E-state index in [-0.39, 0.29) is 5.56 Å². The van der Waals surface area contributed by atoms with E-state index in [0.29, 0.717) is 15.4 Å². The molecule has 1 spiro atoms. The molecule has 5 heteroatoms. The molecule has 10 saturated heterocycles. The molecule has 0 saturated carbocycles. The molecule has 0 amide bonds. The van der Waals surface area contributed by atoms with E-state index in [2.05, 4.69) is 0 Å². The molecule has 124 valence electrons. The van der Waals surface area contributed by atoms with E-state index >= 15 is 0 Å². The number of carboxylic acid groups (broad SMARTS) is 2. The third-order valence-corrected chi connectivity index (χ3v) is 59.3. The second kappa shape index (κ2) is 0.992. The molecule has 0 aromatic heterocycles. The van der Waals surface area contributed by atoms with Gasteiger partial charge in [-0.1, -0.05) is 0 Å². The molecule has 4 atom stereocenters. The van der Waals surface area contributed by atoms with Crippen LogP contribution in [0.3, 0.4) is 0 Å². The Bertz CT molecular complexity index is 1380. The Kier molecular flexibility index (Phi) is 0.413. The van der Waals surface area contributed by atoms with E-state index in [1.807, 2.05) is 6.07 Å². The van der Waals surface area contributed by atoms with Crippen molar-refractivity contribution in [3.8, 4) is 0 Å². The molecule has 10 fully saturated rings. The van der Waals surface area contributed by atoms with Crippen LogP contribution in [0.1, 0.15) is 31.8 Å². The van der Waals surface area contributed by atoms with Crippen LogP contribution in [0.15, 0.2) is 12.1 Å². The summed E-state index contributed by atoms with van der Waals surface area (Å²) in [5.74, 6) is -1.91. The van der Waals surface area contributed by atoms with Gasteiger partial charge in [-0.05, 0) is 0 Å². The van der Waals surface area contributed by atoms with Crippen molar-refractivity contribution in [3.05, 3.63) is 34.4 Å². The Balaban J connectivity index is 1.37. The van der Waals surface area contributed by atoms with Crippen LogP contribution in [0.25, 0.3) is 0 Å². The second-order valence-electron chi connectivity index (χ2n) is 12.5. The molecule has 1 aromatic carbocycles. The molecule has 10 aliphatic heterocycles. The van der Waals surface area contributed by atoms with Crippen molar-refractivity contribution in [1.29, 1.82) is 0 Å². The van der Waals surface area contributed by atoms with Crippen molar-refractivity contribution in [3.63, 3.8) is 0 Å². The van der Waals surface area contributed by atoms with Crippen molar-refractivity contribution in [1.82, 2.24) is 0 Å². The Morgan fingerprint density at radius 3 is 1.79 bits per heavy atom. The first-order chi connectivity index (χ1) is 11.2. The normalized spacial score (nSPS) is 87.5. The van der Waals surface area contributed by atoms with Gasteiger partial charge in [-0.15, -0.1) is 0 Å². The van der Waals surface area contributed by atoms with Crippen molar-refractivity contribution < 1.29 is 26.3 Å². The van der Waals surface area contributed by atoms with Gasteiger partial charge in [-0.25, -0.2) is 0 Å². The molecule has 4 nitrogen and oxygen atoms in total. The first kappa shape index (κ1) is 9.98. The van der Waals surface area contributed by atoms with E-state index in [0.717, 1.165) is 48.9 Å². The fourth-order valence-corrected chi connectivity index (χ4v) is 92.6. The number of aromatic carboxylic acids is 2. The zero-order valence-electron chi connectivity index (χ0n) is 12.9. The molecular weight excluding hydrogens is 348 g/mol. The average Bonchev–Trinajstić information content (AvgIpc) is 3.45. The van der Waals surface area contributed by atoms with Crippen LogP contribution in [0.2, 0.25) is 43.3 Å². The number of benzene rings is 1. The zero-order chi connectivity index (χ0) is 15.9. The number of fused-ring (bicyclic) bond motifs is 10. The first-order valence-corrected chi connectivity index (χ1v) is 15.3. The molecule has 10 heterocycles. The van der Waals surface area contributed by atoms with E-state index in [4.69, 9.17) is 0 Å². The van der Waals surface area contributed by atoms with Crippen LogP contribution in [0.5, 0.6) is 0 Å². The van der Waals surface area contributed by atoms with Gasteiger partial charge in [0.2, 0.25) is 0 Å². The molecule has 1 aromatic rings. The van der Waals surface area contributed by atoms with Gasteiger partial charge in [-0.3, -0.25) is 0 Å². The third-order valence-electron chi connectivity index (χ3n) is 17.0. The summed E-state index contributed by atoms with van der Waals surface area (Å²) in [7, 11) is 0. The fraction of sp³-hybridized carbons (Fsp3) is 0.579. The molecule has 0 aliphatic carbocycles. The topological polar surface area (TPSA) is 74.6 Å².